The van der Waals surface area contributed by atoms with Crippen LogP contribution < -0.4 is 4.74 Å². The van der Waals surface area contributed by atoms with E-state index in [4.69, 9.17) is 4.74 Å². The first-order valence-electron chi connectivity index (χ1n) is 6.51. The lowest BCUT2D eigenvalue weighted by Crippen LogP contribution is -2.43. The van der Waals surface area contributed by atoms with E-state index in [0.717, 1.165) is 5.75 Å². The summed E-state index contributed by atoms with van der Waals surface area (Å²) in [6, 6.07) is 9.79. The van der Waals surface area contributed by atoms with Crippen molar-refractivity contribution in [1.29, 1.82) is 0 Å². The SMILES string of the molecule is COc1ccc2c(ccn2[C@@H]2CC[C@H]2N(C)C)c1. The first-order chi connectivity index (χ1) is 8.70. The molecule has 0 radical (unpaired) electrons. The van der Waals surface area contributed by atoms with Gasteiger partial charge in [-0.3, -0.25) is 0 Å². The Kier molecular flexibility index (Phi) is 2.78. The van der Waals surface area contributed by atoms with Gasteiger partial charge in [-0.15, -0.1) is 0 Å². The molecular weight excluding hydrogens is 224 g/mol. The van der Waals surface area contributed by atoms with Gasteiger partial charge in [-0.05, 0) is 51.2 Å². The quantitative estimate of drug-likeness (QED) is 0.826. The van der Waals surface area contributed by atoms with Crippen molar-refractivity contribution in [2.45, 2.75) is 24.9 Å². The molecule has 0 saturated heterocycles. The Bertz CT molecular complexity index is 559. The molecule has 96 valence electrons. The molecule has 0 bridgehead atoms. The summed E-state index contributed by atoms with van der Waals surface area (Å²) in [7, 11) is 6.06. The number of fused-ring (bicyclic) bond motifs is 1. The van der Waals surface area contributed by atoms with Crippen molar-refractivity contribution in [2.24, 2.45) is 0 Å². The second-order valence-electron chi connectivity index (χ2n) is 5.32. The number of benzene rings is 1. The largest absolute Gasteiger partial charge is 0.497 e. The molecule has 0 amide bonds. The van der Waals surface area contributed by atoms with Crippen LogP contribution in [-0.4, -0.2) is 36.7 Å². The van der Waals surface area contributed by atoms with Gasteiger partial charge in [0.1, 0.15) is 5.75 Å². The van der Waals surface area contributed by atoms with Crippen molar-refractivity contribution in [1.82, 2.24) is 9.47 Å². The van der Waals surface area contributed by atoms with Crippen LogP contribution in [0.2, 0.25) is 0 Å². The fourth-order valence-electron chi connectivity index (χ4n) is 2.95. The van der Waals surface area contributed by atoms with Crippen LogP contribution in [0.3, 0.4) is 0 Å². The predicted molar refractivity (Wildman–Crippen MR) is 74.2 cm³/mol. The molecule has 0 unspecified atom stereocenters. The van der Waals surface area contributed by atoms with Crippen LogP contribution in [0.5, 0.6) is 5.75 Å². The maximum absolute atomic E-state index is 5.27. The van der Waals surface area contributed by atoms with E-state index in [1.165, 1.54) is 23.7 Å². The minimum absolute atomic E-state index is 0.617. The number of ether oxygens (including phenoxy) is 1. The van der Waals surface area contributed by atoms with Gasteiger partial charge in [-0.2, -0.15) is 0 Å². The zero-order valence-corrected chi connectivity index (χ0v) is 11.3. The summed E-state index contributed by atoms with van der Waals surface area (Å²) in [6.07, 6.45) is 4.79. The zero-order valence-electron chi connectivity index (χ0n) is 11.3. The molecule has 18 heavy (non-hydrogen) atoms. The number of nitrogens with zero attached hydrogens (tertiary/aromatic N) is 2. The smallest absolute Gasteiger partial charge is 0.119 e. The Morgan fingerprint density at radius 3 is 2.67 bits per heavy atom. The summed E-state index contributed by atoms with van der Waals surface area (Å²) in [4.78, 5) is 2.34. The second kappa shape index (κ2) is 4.32. The molecule has 1 heterocycles. The third-order valence-electron chi connectivity index (χ3n) is 4.15. The molecule has 1 aromatic heterocycles. The molecule has 0 spiro atoms. The minimum atomic E-state index is 0.617. The van der Waals surface area contributed by atoms with Crippen molar-refractivity contribution >= 4 is 10.9 Å². The van der Waals surface area contributed by atoms with E-state index in [1.807, 2.05) is 6.07 Å². The summed E-state index contributed by atoms with van der Waals surface area (Å²) >= 11 is 0. The van der Waals surface area contributed by atoms with Crippen molar-refractivity contribution in [2.75, 3.05) is 21.2 Å². The van der Waals surface area contributed by atoms with E-state index < -0.39 is 0 Å². The fourth-order valence-corrected chi connectivity index (χ4v) is 2.95. The van der Waals surface area contributed by atoms with E-state index in [0.29, 0.717) is 12.1 Å². The third-order valence-corrected chi connectivity index (χ3v) is 4.15. The topological polar surface area (TPSA) is 17.4 Å². The van der Waals surface area contributed by atoms with Gasteiger partial charge in [-0.25, -0.2) is 0 Å². The zero-order chi connectivity index (χ0) is 12.7. The molecule has 1 aromatic carbocycles. The van der Waals surface area contributed by atoms with Crippen molar-refractivity contribution in [3.05, 3.63) is 30.5 Å². The fraction of sp³-hybridized carbons (Fsp3) is 0.467. The highest BCUT2D eigenvalue weighted by Crippen LogP contribution is 2.38. The molecule has 3 rings (SSSR count). The number of likely N-dealkylation sites (N-methyl/N-ethyl adjacent to an activating group) is 1. The summed E-state index contributed by atoms with van der Waals surface area (Å²) in [5.41, 5.74) is 1.31. The van der Waals surface area contributed by atoms with Gasteiger partial charge >= 0.3 is 0 Å². The van der Waals surface area contributed by atoms with Crippen LogP contribution in [0.4, 0.5) is 0 Å². The lowest BCUT2D eigenvalue weighted by Gasteiger charge is -2.42. The highest BCUT2D eigenvalue weighted by atomic mass is 16.5. The van der Waals surface area contributed by atoms with Gasteiger partial charge < -0.3 is 14.2 Å². The maximum atomic E-state index is 5.27. The highest BCUT2D eigenvalue weighted by Gasteiger charge is 2.34. The van der Waals surface area contributed by atoms with Gasteiger partial charge in [0.15, 0.2) is 0 Å². The molecule has 1 saturated carbocycles. The molecule has 2 atom stereocenters. The molecule has 0 aliphatic heterocycles. The molecule has 0 N–H and O–H groups in total. The van der Waals surface area contributed by atoms with E-state index in [2.05, 4.69) is 48.0 Å². The lowest BCUT2D eigenvalue weighted by atomic mass is 9.85. The number of rotatable bonds is 3. The Morgan fingerprint density at radius 2 is 2.06 bits per heavy atom. The molecule has 3 nitrogen and oxygen atoms in total. The second-order valence-corrected chi connectivity index (χ2v) is 5.32. The average molecular weight is 244 g/mol. The summed E-state index contributed by atoms with van der Waals surface area (Å²) in [5, 5.41) is 1.26. The minimum Gasteiger partial charge on any atom is -0.497 e. The van der Waals surface area contributed by atoms with E-state index in [1.54, 1.807) is 7.11 Å². The monoisotopic (exact) mass is 244 g/mol. The van der Waals surface area contributed by atoms with E-state index >= 15 is 0 Å². The number of hydrogen-bond donors (Lipinski definition) is 0. The van der Waals surface area contributed by atoms with Crippen LogP contribution in [0.1, 0.15) is 18.9 Å². The summed E-state index contributed by atoms with van der Waals surface area (Å²) < 4.78 is 7.69. The molecule has 1 fully saturated rings. The Hall–Kier alpha value is -1.48. The molecule has 1 aliphatic carbocycles. The van der Waals surface area contributed by atoms with Gasteiger partial charge in [0.05, 0.1) is 7.11 Å². The molecule has 1 aliphatic rings. The van der Waals surface area contributed by atoms with Crippen LogP contribution in [0, 0.1) is 0 Å². The Labute approximate surface area is 108 Å². The van der Waals surface area contributed by atoms with Crippen LogP contribution in [0.25, 0.3) is 10.9 Å². The van der Waals surface area contributed by atoms with E-state index in [-0.39, 0.29) is 0 Å². The third kappa shape index (κ3) is 1.70. The van der Waals surface area contributed by atoms with E-state index in [9.17, 15) is 0 Å². The lowest BCUT2D eigenvalue weighted by molar-refractivity contribution is 0.116. The standard InChI is InChI=1S/C15H20N2O/c1-16(2)14-6-7-15(14)17-9-8-11-10-12(18-3)4-5-13(11)17/h4-5,8-10,14-15H,6-7H2,1-3H3/t14-,15-/m1/s1. The van der Waals surface area contributed by atoms with Crippen molar-refractivity contribution in [3.8, 4) is 5.75 Å². The number of aromatic nitrogens is 1. The molecule has 3 heteroatoms. The summed E-state index contributed by atoms with van der Waals surface area (Å²) in [6.45, 7) is 0. The maximum Gasteiger partial charge on any atom is 0.119 e. The molecular formula is C15H20N2O. The van der Waals surface area contributed by atoms with Gasteiger partial charge in [0.25, 0.3) is 0 Å². The van der Waals surface area contributed by atoms with Gasteiger partial charge in [0.2, 0.25) is 0 Å². The molecule has 2 aromatic rings. The number of hydrogen-bond acceptors (Lipinski definition) is 2. The first kappa shape index (κ1) is 11.6. The highest BCUT2D eigenvalue weighted by molar-refractivity contribution is 5.81. The van der Waals surface area contributed by atoms with Crippen LogP contribution >= 0.6 is 0 Å². The van der Waals surface area contributed by atoms with Crippen molar-refractivity contribution in [3.63, 3.8) is 0 Å². The summed E-state index contributed by atoms with van der Waals surface area (Å²) in [5.74, 6) is 0.929. The Morgan fingerprint density at radius 1 is 1.22 bits per heavy atom. The van der Waals surface area contributed by atoms with Crippen LogP contribution in [-0.2, 0) is 0 Å². The normalized spacial score (nSPS) is 23.3. The first-order valence-corrected chi connectivity index (χ1v) is 6.51. The predicted octanol–water partition coefficient (Wildman–Crippen LogP) is 2.92. The average Bonchev–Trinajstić information content (AvgIpc) is 2.70. The number of methoxy groups -OCH3 is 1. The van der Waals surface area contributed by atoms with Gasteiger partial charge in [-0.1, -0.05) is 0 Å². The van der Waals surface area contributed by atoms with Crippen molar-refractivity contribution < 1.29 is 4.74 Å². The Balaban J connectivity index is 1.98. The van der Waals surface area contributed by atoms with Crippen LogP contribution in [0.15, 0.2) is 30.5 Å². The van der Waals surface area contributed by atoms with Gasteiger partial charge in [0, 0.05) is 29.2 Å².